The van der Waals surface area contributed by atoms with Crippen LogP contribution in [0.25, 0.3) is 16.7 Å². The number of carbonyl (C=O) groups excluding carboxylic acids is 1. The number of aromatic nitrogens is 3. The highest BCUT2D eigenvalue weighted by molar-refractivity contribution is 9.10. The highest BCUT2D eigenvalue weighted by atomic mass is 79.9. The zero-order valence-electron chi connectivity index (χ0n) is 20.5. The number of nitrogens with one attached hydrogen (secondary N) is 3. The van der Waals surface area contributed by atoms with Crippen molar-refractivity contribution in [3.05, 3.63) is 90.0 Å². The van der Waals surface area contributed by atoms with Crippen LogP contribution in [0.15, 0.2) is 67.4 Å². The lowest BCUT2D eigenvalue weighted by atomic mass is 10.2. The highest BCUT2D eigenvalue weighted by Gasteiger charge is 2.31. The van der Waals surface area contributed by atoms with Crippen molar-refractivity contribution < 1.29 is 9.18 Å². The van der Waals surface area contributed by atoms with Crippen molar-refractivity contribution in [3.63, 3.8) is 0 Å². The maximum absolute atomic E-state index is 14.7. The number of nitrogens with zero attached hydrogens (tertiary/aromatic N) is 3. The molecule has 0 spiro atoms. The fourth-order valence-corrected chi connectivity index (χ4v) is 4.68. The molecule has 38 heavy (non-hydrogen) atoms. The molecule has 0 radical (unpaired) electrons. The number of aryl methyl sites for hydroxylation is 1. The lowest BCUT2D eigenvalue weighted by Gasteiger charge is -2.19. The molecule has 5 rings (SSSR count). The summed E-state index contributed by atoms with van der Waals surface area (Å²) in [5, 5.41) is 8.28. The van der Waals surface area contributed by atoms with Crippen molar-refractivity contribution >= 4 is 50.1 Å². The van der Waals surface area contributed by atoms with Crippen LogP contribution in [0, 0.1) is 5.82 Å². The molecule has 0 aliphatic heterocycles. The topological polar surface area (TPSA) is 119 Å². The SMILES string of the molecule is CCNC(=O)Nc1cccc(-n2c(=O)n(C3CC3)c(=O)c3c(Nc4ccc(Br)cc4F)cc(=O)n(C)c32)c1. The molecule has 0 saturated heterocycles. The molecular weight excluding hydrogens is 559 g/mol. The lowest BCUT2D eigenvalue weighted by Crippen LogP contribution is -2.41. The zero-order chi connectivity index (χ0) is 27.1. The first-order chi connectivity index (χ1) is 18.2. The van der Waals surface area contributed by atoms with Gasteiger partial charge < -0.3 is 16.0 Å². The summed E-state index contributed by atoms with van der Waals surface area (Å²) in [6, 6.07) is 11.4. The monoisotopic (exact) mass is 582 g/mol. The van der Waals surface area contributed by atoms with Gasteiger partial charge in [0.25, 0.3) is 11.1 Å². The van der Waals surface area contributed by atoms with Gasteiger partial charge in [0.2, 0.25) is 0 Å². The van der Waals surface area contributed by atoms with Crippen molar-refractivity contribution in [1.29, 1.82) is 0 Å². The Kier molecular flexibility index (Phi) is 6.66. The Labute approximate surface area is 223 Å². The molecule has 0 atom stereocenters. The number of amides is 2. The third-order valence-electron chi connectivity index (χ3n) is 6.26. The molecular formula is C26H24BrFN6O4. The smallest absolute Gasteiger partial charge is 0.337 e. The van der Waals surface area contributed by atoms with E-state index in [1.165, 1.54) is 38.9 Å². The predicted octanol–water partition coefficient (Wildman–Crippen LogP) is 3.97. The van der Waals surface area contributed by atoms with E-state index in [1.54, 1.807) is 37.3 Å². The molecule has 1 saturated carbocycles. The van der Waals surface area contributed by atoms with E-state index in [4.69, 9.17) is 0 Å². The van der Waals surface area contributed by atoms with Crippen LogP contribution in [0.1, 0.15) is 25.8 Å². The highest BCUT2D eigenvalue weighted by Crippen LogP contribution is 2.34. The van der Waals surface area contributed by atoms with Crippen LogP contribution in [0.3, 0.4) is 0 Å². The number of carbonyl (C=O) groups is 1. The summed E-state index contributed by atoms with van der Waals surface area (Å²) in [4.78, 5) is 52.6. The first-order valence-corrected chi connectivity index (χ1v) is 12.8. The van der Waals surface area contributed by atoms with Crippen LogP contribution >= 0.6 is 15.9 Å². The number of pyridine rings is 1. The minimum absolute atomic E-state index is 0.0413. The zero-order valence-corrected chi connectivity index (χ0v) is 22.1. The van der Waals surface area contributed by atoms with Crippen molar-refractivity contribution in [1.82, 2.24) is 19.0 Å². The fourth-order valence-electron chi connectivity index (χ4n) is 4.34. The quantitative estimate of drug-likeness (QED) is 0.318. The Morgan fingerprint density at radius 1 is 1.08 bits per heavy atom. The van der Waals surface area contributed by atoms with Gasteiger partial charge in [-0.15, -0.1) is 0 Å². The van der Waals surface area contributed by atoms with Gasteiger partial charge in [0.05, 0.1) is 17.1 Å². The number of benzene rings is 2. The van der Waals surface area contributed by atoms with Crippen LogP contribution < -0.4 is 32.8 Å². The van der Waals surface area contributed by atoms with E-state index >= 15 is 0 Å². The van der Waals surface area contributed by atoms with Crippen LogP contribution in [-0.2, 0) is 7.05 Å². The number of rotatable bonds is 6. The summed E-state index contributed by atoms with van der Waals surface area (Å²) in [7, 11) is 1.46. The molecule has 1 fully saturated rings. The summed E-state index contributed by atoms with van der Waals surface area (Å²) in [5.41, 5.74) is -0.761. The molecule has 12 heteroatoms. The molecule has 2 heterocycles. The Hall–Kier alpha value is -4.19. The van der Waals surface area contributed by atoms with Crippen molar-refractivity contribution in [2.75, 3.05) is 17.2 Å². The molecule has 1 aliphatic rings. The lowest BCUT2D eigenvalue weighted by molar-refractivity contribution is 0.252. The number of fused-ring (bicyclic) bond motifs is 1. The van der Waals surface area contributed by atoms with Crippen molar-refractivity contribution in [3.8, 4) is 5.69 Å². The molecule has 4 aromatic rings. The van der Waals surface area contributed by atoms with Crippen molar-refractivity contribution in [2.24, 2.45) is 7.05 Å². The number of halogens is 2. The number of urea groups is 1. The number of hydrogen-bond acceptors (Lipinski definition) is 5. The second kappa shape index (κ2) is 9.93. The third kappa shape index (κ3) is 4.62. The predicted molar refractivity (Wildman–Crippen MR) is 147 cm³/mol. The van der Waals surface area contributed by atoms with Crippen LogP contribution in [0.2, 0.25) is 0 Å². The summed E-state index contributed by atoms with van der Waals surface area (Å²) in [6.07, 6.45) is 1.32. The third-order valence-corrected chi connectivity index (χ3v) is 6.76. The second-order valence-corrected chi connectivity index (χ2v) is 9.88. The van der Waals surface area contributed by atoms with E-state index in [0.29, 0.717) is 35.2 Å². The average Bonchev–Trinajstić information content (AvgIpc) is 3.69. The van der Waals surface area contributed by atoms with Gasteiger partial charge in [-0.25, -0.2) is 18.5 Å². The van der Waals surface area contributed by atoms with E-state index in [9.17, 15) is 23.6 Å². The molecule has 0 unspecified atom stereocenters. The van der Waals surface area contributed by atoms with Gasteiger partial charge in [0.1, 0.15) is 16.9 Å². The first kappa shape index (κ1) is 25.5. The normalized spacial score (nSPS) is 12.9. The van der Waals surface area contributed by atoms with E-state index in [0.717, 1.165) is 0 Å². The number of anilines is 3. The van der Waals surface area contributed by atoms with Crippen molar-refractivity contribution in [2.45, 2.75) is 25.8 Å². The Balaban J connectivity index is 1.80. The minimum Gasteiger partial charge on any atom is -0.352 e. The average molecular weight is 583 g/mol. The van der Waals surface area contributed by atoms with Gasteiger partial charge in [-0.3, -0.25) is 18.7 Å². The summed E-state index contributed by atoms with van der Waals surface area (Å²) in [6.45, 7) is 2.22. The van der Waals surface area contributed by atoms with Gasteiger partial charge in [0, 0.05) is 35.9 Å². The van der Waals surface area contributed by atoms with E-state index in [2.05, 4.69) is 31.9 Å². The molecule has 2 aromatic carbocycles. The molecule has 1 aliphatic carbocycles. The van der Waals surface area contributed by atoms with Crippen LogP contribution in [-0.4, -0.2) is 26.3 Å². The molecule has 3 N–H and O–H groups in total. The minimum atomic E-state index is -0.609. The van der Waals surface area contributed by atoms with Gasteiger partial charge in [0.15, 0.2) is 0 Å². The number of hydrogen-bond donors (Lipinski definition) is 3. The Morgan fingerprint density at radius 3 is 2.53 bits per heavy atom. The van der Waals surface area contributed by atoms with Crippen LogP contribution in [0.5, 0.6) is 0 Å². The summed E-state index contributed by atoms with van der Waals surface area (Å²) >= 11 is 3.22. The Morgan fingerprint density at radius 2 is 1.84 bits per heavy atom. The summed E-state index contributed by atoms with van der Waals surface area (Å²) in [5.74, 6) is -0.590. The van der Waals surface area contributed by atoms with E-state index in [1.807, 2.05) is 0 Å². The molecule has 196 valence electrons. The summed E-state index contributed by atoms with van der Waals surface area (Å²) < 4.78 is 18.9. The van der Waals surface area contributed by atoms with E-state index < -0.39 is 28.7 Å². The van der Waals surface area contributed by atoms with Crippen LogP contribution in [0.4, 0.5) is 26.2 Å². The van der Waals surface area contributed by atoms with Gasteiger partial charge >= 0.3 is 11.7 Å². The molecule has 10 nitrogen and oxygen atoms in total. The van der Waals surface area contributed by atoms with Gasteiger partial charge in [-0.2, -0.15) is 0 Å². The molecule has 2 amide bonds. The second-order valence-electron chi connectivity index (χ2n) is 8.96. The Bertz CT molecular complexity index is 1770. The first-order valence-electron chi connectivity index (χ1n) is 12.0. The largest absolute Gasteiger partial charge is 0.352 e. The van der Waals surface area contributed by atoms with Gasteiger partial charge in [-0.05, 0) is 56.2 Å². The molecule has 2 aromatic heterocycles. The fraction of sp³-hybridized carbons (Fsp3) is 0.231. The van der Waals surface area contributed by atoms with E-state index in [-0.39, 0.29) is 28.5 Å². The standard InChI is InChI=1S/C26H24BrFN6O4/c1-3-29-25(37)30-15-5-4-6-17(12-15)33-23-22(24(36)34(26(33)38)16-8-9-16)20(13-21(35)32(23)2)31-19-10-7-14(27)11-18(19)28/h4-7,10-13,16,31H,3,8-9H2,1-2H3,(H2,29,30,37). The maximum atomic E-state index is 14.7. The van der Waals surface area contributed by atoms with Gasteiger partial charge in [-0.1, -0.05) is 22.0 Å². The maximum Gasteiger partial charge on any atom is 0.337 e. The molecule has 0 bridgehead atoms.